The molecule has 0 radical (unpaired) electrons. The Morgan fingerprint density at radius 3 is 2.95 bits per heavy atom. The van der Waals surface area contributed by atoms with Crippen molar-refractivity contribution in [1.82, 2.24) is 10.2 Å². The van der Waals surface area contributed by atoms with E-state index < -0.39 is 0 Å². The van der Waals surface area contributed by atoms with E-state index in [2.05, 4.69) is 17.1 Å². The topological polar surface area (TPSA) is 45.5 Å². The summed E-state index contributed by atoms with van der Waals surface area (Å²) in [5.74, 6) is 1.88. The van der Waals surface area contributed by atoms with Crippen LogP contribution >= 0.6 is 0 Å². The molecule has 1 aliphatic rings. The number of hydrogen-bond acceptors (Lipinski definition) is 3. The molecule has 0 atom stereocenters. The van der Waals surface area contributed by atoms with Crippen molar-refractivity contribution in [3.63, 3.8) is 0 Å². The van der Waals surface area contributed by atoms with Crippen molar-refractivity contribution in [2.24, 2.45) is 5.92 Å². The summed E-state index contributed by atoms with van der Waals surface area (Å²) in [5, 5.41) is 2.99. The molecule has 1 aliphatic heterocycles. The average Bonchev–Trinajstić information content (AvgIpc) is 2.96. The van der Waals surface area contributed by atoms with E-state index in [9.17, 15) is 4.79 Å². The van der Waals surface area contributed by atoms with Crippen molar-refractivity contribution in [3.8, 4) is 0 Å². The Morgan fingerprint density at radius 1 is 1.45 bits per heavy atom. The predicted molar refractivity (Wildman–Crippen MR) is 79.5 cm³/mol. The lowest BCUT2D eigenvalue weighted by molar-refractivity contribution is -0.121. The number of nitrogens with zero attached hydrogens (tertiary/aromatic N) is 1. The Bertz CT molecular complexity index is 381. The minimum atomic E-state index is 0.119. The quantitative estimate of drug-likeness (QED) is 0.779. The zero-order valence-corrected chi connectivity index (χ0v) is 12.4. The first-order chi connectivity index (χ1) is 9.74. The maximum atomic E-state index is 11.7. The average molecular weight is 278 g/mol. The first-order valence-corrected chi connectivity index (χ1v) is 7.75. The van der Waals surface area contributed by atoms with Crippen LogP contribution in [0, 0.1) is 5.92 Å². The number of furan rings is 1. The van der Waals surface area contributed by atoms with Gasteiger partial charge in [0.1, 0.15) is 5.76 Å². The molecule has 4 nitrogen and oxygen atoms in total. The standard InChI is InChI=1S/C16H26N2O2/c1-14-7-11-18(12-8-14)10-3-9-17-16(19)6-5-15-4-2-13-20-15/h2,4,13-14H,3,5-12H2,1H3,(H,17,19). The summed E-state index contributed by atoms with van der Waals surface area (Å²) in [5.41, 5.74) is 0. The van der Waals surface area contributed by atoms with Gasteiger partial charge in [-0.2, -0.15) is 0 Å². The Kier molecular flexibility index (Phi) is 6.12. The van der Waals surface area contributed by atoms with Crippen LogP contribution in [0.1, 0.15) is 38.4 Å². The summed E-state index contributed by atoms with van der Waals surface area (Å²) in [6.45, 7) is 6.64. The van der Waals surface area contributed by atoms with Crippen LogP contribution in [-0.2, 0) is 11.2 Å². The number of piperidine rings is 1. The molecule has 1 aromatic rings. The van der Waals surface area contributed by atoms with Crippen LogP contribution in [0.4, 0.5) is 0 Å². The SMILES string of the molecule is CC1CCN(CCCNC(=O)CCc2ccco2)CC1. The highest BCUT2D eigenvalue weighted by Gasteiger charge is 2.14. The lowest BCUT2D eigenvalue weighted by Gasteiger charge is -2.30. The summed E-state index contributed by atoms with van der Waals surface area (Å²) < 4.78 is 5.21. The monoisotopic (exact) mass is 278 g/mol. The van der Waals surface area contributed by atoms with Gasteiger partial charge >= 0.3 is 0 Å². The molecular weight excluding hydrogens is 252 g/mol. The number of nitrogens with one attached hydrogen (secondary N) is 1. The van der Waals surface area contributed by atoms with Gasteiger partial charge in [-0.05, 0) is 56.9 Å². The molecule has 1 amide bonds. The zero-order chi connectivity index (χ0) is 14.2. The van der Waals surface area contributed by atoms with E-state index in [1.54, 1.807) is 6.26 Å². The number of aryl methyl sites for hydroxylation is 1. The molecule has 2 heterocycles. The summed E-state index contributed by atoms with van der Waals surface area (Å²) in [4.78, 5) is 14.2. The number of carbonyl (C=O) groups is 1. The van der Waals surface area contributed by atoms with Gasteiger partial charge in [-0.15, -0.1) is 0 Å². The van der Waals surface area contributed by atoms with Crippen LogP contribution in [-0.4, -0.2) is 37.0 Å². The van der Waals surface area contributed by atoms with Crippen molar-refractivity contribution in [2.75, 3.05) is 26.2 Å². The van der Waals surface area contributed by atoms with Gasteiger partial charge in [0.2, 0.25) is 5.91 Å². The van der Waals surface area contributed by atoms with E-state index in [4.69, 9.17) is 4.42 Å². The van der Waals surface area contributed by atoms with Crippen LogP contribution in [0.25, 0.3) is 0 Å². The van der Waals surface area contributed by atoms with E-state index >= 15 is 0 Å². The van der Waals surface area contributed by atoms with E-state index in [-0.39, 0.29) is 5.91 Å². The third kappa shape index (κ3) is 5.37. The second-order valence-electron chi connectivity index (χ2n) is 5.81. The van der Waals surface area contributed by atoms with E-state index in [0.29, 0.717) is 12.8 Å². The third-order valence-corrected chi connectivity index (χ3v) is 4.03. The van der Waals surface area contributed by atoms with Crippen molar-refractivity contribution >= 4 is 5.91 Å². The number of carbonyl (C=O) groups excluding carboxylic acids is 1. The first-order valence-electron chi connectivity index (χ1n) is 7.75. The number of hydrogen-bond donors (Lipinski definition) is 1. The minimum absolute atomic E-state index is 0.119. The Labute approximate surface area is 121 Å². The van der Waals surface area contributed by atoms with E-state index in [1.807, 2.05) is 12.1 Å². The van der Waals surface area contributed by atoms with Crippen LogP contribution in [0.15, 0.2) is 22.8 Å². The van der Waals surface area contributed by atoms with Gasteiger partial charge in [-0.25, -0.2) is 0 Å². The molecular formula is C16H26N2O2. The molecule has 1 fully saturated rings. The first kappa shape index (κ1) is 15.1. The fraction of sp³-hybridized carbons (Fsp3) is 0.688. The molecule has 0 spiro atoms. The smallest absolute Gasteiger partial charge is 0.220 e. The van der Waals surface area contributed by atoms with Gasteiger partial charge in [0, 0.05) is 19.4 Å². The van der Waals surface area contributed by atoms with Crippen LogP contribution in [0.3, 0.4) is 0 Å². The van der Waals surface area contributed by atoms with E-state index in [1.165, 1.54) is 25.9 Å². The molecule has 0 aromatic carbocycles. The highest BCUT2D eigenvalue weighted by Crippen LogP contribution is 2.15. The minimum Gasteiger partial charge on any atom is -0.469 e. The molecule has 0 saturated carbocycles. The second kappa shape index (κ2) is 8.10. The van der Waals surface area contributed by atoms with Gasteiger partial charge in [-0.1, -0.05) is 6.92 Å². The zero-order valence-electron chi connectivity index (χ0n) is 12.4. The molecule has 0 aliphatic carbocycles. The molecule has 1 aromatic heterocycles. The maximum absolute atomic E-state index is 11.7. The lowest BCUT2D eigenvalue weighted by atomic mass is 9.99. The second-order valence-corrected chi connectivity index (χ2v) is 5.81. The van der Waals surface area contributed by atoms with Crippen LogP contribution in [0.5, 0.6) is 0 Å². The van der Waals surface area contributed by atoms with Gasteiger partial charge in [0.05, 0.1) is 6.26 Å². The lowest BCUT2D eigenvalue weighted by Crippen LogP contribution is -2.35. The van der Waals surface area contributed by atoms with Gasteiger partial charge in [0.25, 0.3) is 0 Å². The molecule has 20 heavy (non-hydrogen) atoms. The molecule has 1 N–H and O–H groups in total. The Hall–Kier alpha value is -1.29. The van der Waals surface area contributed by atoms with Crippen molar-refractivity contribution < 1.29 is 9.21 Å². The van der Waals surface area contributed by atoms with Crippen molar-refractivity contribution in [3.05, 3.63) is 24.2 Å². The van der Waals surface area contributed by atoms with E-state index in [0.717, 1.165) is 31.2 Å². The fourth-order valence-corrected chi connectivity index (χ4v) is 2.60. The molecule has 4 heteroatoms. The van der Waals surface area contributed by atoms with Gasteiger partial charge in [0.15, 0.2) is 0 Å². The van der Waals surface area contributed by atoms with Crippen LogP contribution < -0.4 is 5.32 Å². The molecule has 0 unspecified atom stereocenters. The number of rotatable bonds is 7. The Morgan fingerprint density at radius 2 is 2.25 bits per heavy atom. The van der Waals surface area contributed by atoms with Gasteiger partial charge in [-0.3, -0.25) is 4.79 Å². The fourth-order valence-electron chi connectivity index (χ4n) is 2.60. The van der Waals surface area contributed by atoms with Crippen molar-refractivity contribution in [1.29, 1.82) is 0 Å². The van der Waals surface area contributed by atoms with Gasteiger partial charge < -0.3 is 14.6 Å². The predicted octanol–water partition coefficient (Wildman–Crippen LogP) is 2.45. The number of amides is 1. The van der Waals surface area contributed by atoms with Crippen molar-refractivity contribution in [2.45, 2.75) is 39.0 Å². The van der Waals surface area contributed by atoms with Crippen LogP contribution in [0.2, 0.25) is 0 Å². The highest BCUT2D eigenvalue weighted by atomic mass is 16.3. The molecule has 112 valence electrons. The summed E-state index contributed by atoms with van der Waals surface area (Å²) in [6, 6.07) is 3.76. The summed E-state index contributed by atoms with van der Waals surface area (Å²) in [6.07, 6.45) is 6.51. The maximum Gasteiger partial charge on any atom is 0.220 e. The normalized spacial score (nSPS) is 17.2. The number of likely N-dealkylation sites (tertiary alicyclic amines) is 1. The third-order valence-electron chi connectivity index (χ3n) is 4.03. The summed E-state index contributed by atoms with van der Waals surface area (Å²) >= 11 is 0. The molecule has 2 rings (SSSR count). The highest BCUT2D eigenvalue weighted by molar-refractivity contribution is 5.75. The largest absolute Gasteiger partial charge is 0.469 e. The molecule has 0 bridgehead atoms. The molecule has 1 saturated heterocycles. The summed E-state index contributed by atoms with van der Waals surface area (Å²) in [7, 11) is 0. The Balaban J connectivity index is 1.49.